The average molecular weight is 470 g/mol. The SMILES string of the molecule is CCCN(Cc1c(-c2ccccc2)nn(C)c1Oc1cccc(C)c1)C(=O)c1ccc(OC)cc1. The number of ether oxygens (including phenoxy) is 2. The van der Waals surface area contributed by atoms with Crippen LogP contribution in [0, 0.1) is 6.92 Å². The molecule has 6 heteroatoms. The molecule has 0 radical (unpaired) electrons. The standard InChI is InChI=1S/C29H31N3O3/c1-5-18-32(28(33)23-14-16-24(34-4)17-15-23)20-26-27(22-11-7-6-8-12-22)30-31(3)29(26)35-25-13-9-10-21(2)19-25/h6-17,19H,5,18,20H2,1-4H3. The number of carbonyl (C=O) groups excluding carboxylic acids is 1. The Morgan fingerprint density at radius 2 is 1.71 bits per heavy atom. The smallest absolute Gasteiger partial charge is 0.254 e. The second-order valence-electron chi connectivity index (χ2n) is 8.50. The summed E-state index contributed by atoms with van der Waals surface area (Å²) in [6.45, 7) is 5.08. The van der Waals surface area contributed by atoms with Gasteiger partial charge in [0.1, 0.15) is 17.2 Å². The highest BCUT2D eigenvalue weighted by atomic mass is 16.5. The Labute approximate surface area is 206 Å². The predicted octanol–water partition coefficient (Wildman–Crippen LogP) is 6.25. The first-order valence-electron chi connectivity index (χ1n) is 11.8. The Morgan fingerprint density at radius 1 is 0.971 bits per heavy atom. The minimum atomic E-state index is -0.0427. The maximum atomic E-state index is 13.5. The number of hydrogen-bond donors (Lipinski definition) is 0. The van der Waals surface area contributed by atoms with Gasteiger partial charge < -0.3 is 14.4 Å². The molecule has 4 rings (SSSR count). The predicted molar refractivity (Wildman–Crippen MR) is 138 cm³/mol. The molecule has 0 aliphatic carbocycles. The van der Waals surface area contributed by atoms with E-state index in [4.69, 9.17) is 14.6 Å². The lowest BCUT2D eigenvalue weighted by Crippen LogP contribution is -2.31. The number of nitrogens with zero attached hydrogens (tertiary/aromatic N) is 3. The lowest BCUT2D eigenvalue weighted by Gasteiger charge is -2.23. The molecule has 1 heterocycles. The van der Waals surface area contributed by atoms with Gasteiger partial charge in [-0.05, 0) is 55.3 Å². The fourth-order valence-electron chi connectivity index (χ4n) is 4.07. The van der Waals surface area contributed by atoms with Crippen molar-refractivity contribution in [2.24, 2.45) is 7.05 Å². The van der Waals surface area contributed by atoms with Gasteiger partial charge >= 0.3 is 0 Å². The molecule has 0 spiro atoms. The first-order valence-corrected chi connectivity index (χ1v) is 11.8. The molecule has 0 aliphatic heterocycles. The van der Waals surface area contributed by atoms with Crippen molar-refractivity contribution in [2.75, 3.05) is 13.7 Å². The van der Waals surface area contributed by atoms with Crippen LogP contribution in [0.2, 0.25) is 0 Å². The first kappa shape index (κ1) is 24.1. The molecule has 3 aromatic carbocycles. The van der Waals surface area contributed by atoms with Crippen LogP contribution in [0.5, 0.6) is 17.4 Å². The molecular formula is C29H31N3O3. The van der Waals surface area contributed by atoms with Gasteiger partial charge in [0.25, 0.3) is 5.91 Å². The van der Waals surface area contributed by atoms with Crippen LogP contribution in [0.3, 0.4) is 0 Å². The van der Waals surface area contributed by atoms with Gasteiger partial charge in [0.2, 0.25) is 5.88 Å². The summed E-state index contributed by atoms with van der Waals surface area (Å²) in [5, 5.41) is 4.80. The van der Waals surface area contributed by atoms with E-state index in [1.54, 1.807) is 23.9 Å². The number of rotatable bonds is 9. The maximum absolute atomic E-state index is 13.5. The lowest BCUT2D eigenvalue weighted by atomic mass is 10.1. The molecule has 0 atom stereocenters. The Bertz CT molecular complexity index is 1280. The van der Waals surface area contributed by atoms with Crippen LogP contribution in [0.1, 0.15) is 34.8 Å². The molecule has 0 aliphatic rings. The minimum Gasteiger partial charge on any atom is -0.497 e. The second kappa shape index (κ2) is 10.9. The summed E-state index contributed by atoms with van der Waals surface area (Å²) >= 11 is 0. The van der Waals surface area contributed by atoms with Crippen molar-refractivity contribution in [3.8, 4) is 28.6 Å². The molecule has 0 N–H and O–H groups in total. The van der Waals surface area contributed by atoms with Crippen LogP contribution in [0.25, 0.3) is 11.3 Å². The van der Waals surface area contributed by atoms with Gasteiger partial charge in [0.15, 0.2) is 0 Å². The molecule has 0 unspecified atom stereocenters. The van der Waals surface area contributed by atoms with Crippen molar-refractivity contribution in [3.63, 3.8) is 0 Å². The van der Waals surface area contributed by atoms with E-state index in [0.717, 1.165) is 40.3 Å². The monoisotopic (exact) mass is 469 g/mol. The van der Waals surface area contributed by atoms with E-state index in [2.05, 4.69) is 6.92 Å². The van der Waals surface area contributed by atoms with E-state index in [0.29, 0.717) is 24.5 Å². The van der Waals surface area contributed by atoms with Gasteiger partial charge in [-0.25, -0.2) is 4.68 Å². The Balaban J connectivity index is 1.75. The van der Waals surface area contributed by atoms with Crippen molar-refractivity contribution in [1.82, 2.24) is 14.7 Å². The number of benzene rings is 3. The zero-order chi connectivity index (χ0) is 24.8. The van der Waals surface area contributed by atoms with Crippen molar-refractivity contribution in [3.05, 3.63) is 95.6 Å². The number of amides is 1. The van der Waals surface area contributed by atoms with Crippen LogP contribution in [-0.2, 0) is 13.6 Å². The van der Waals surface area contributed by atoms with Crippen LogP contribution < -0.4 is 9.47 Å². The highest BCUT2D eigenvalue weighted by Crippen LogP contribution is 2.34. The van der Waals surface area contributed by atoms with E-state index < -0.39 is 0 Å². The fourth-order valence-corrected chi connectivity index (χ4v) is 4.07. The summed E-state index contributed by atoms with van der Waals surface area (Å²) in [7, 11) is 3.49. The van der Waals surface area contributed by atoms with Gasteiger partial charge in [-0.3, -0.25) is 4.79 Å². The van der Waals surface area contributed by atoms with Crippen molar-refractivity contribution >= 4 is 5.91 Å². The lowest BCUT2D eigenvalue weighted by molar-refractivity contribution is 0.0742. The quantitative estimate of drug-likeness (QED) is 0.291. The molecule has 0 bridgehead atoms. The summed E-state index contributed by atoms with van der Waals surface area (Å²) in [6.07, 6.45) is 0.830. The van der Waals surface area contributed by atoms with E-state index in [-0.39, 0.29) is 5.91 Å². The van der Waals surface area contributed by atoms with Gasteiger partial charge in [-0.2, -0.15) is 5.10 Å². The molecule has 180 valence electrons. The number of aromatic nitrogens is 2. The van der Waals surface area contributed by atoms with Crippen molar-refractivity contribution in [2.45, 2.75) is 26.8 Å². The Hall–Kier alpha value is -4.06. The highest BCUT2D eigenvalue weighted by molar-refractivity contribution is 5.94. The molecule has 6 nitrogen and oxygen atoms in total. The van der Waals surface area contributed by atoms with Crippen LogP contribution in [-0.4, -0.2) is 34.2 Å². The van der Waals surface area contributed by atoms with Gasteiger partial charge in [-0.15, -0.1) is 0 Å². The van der Waals surface area contributed by atoms with Crippen LogP contribution >= 0.6 is 0 Å². The molecule has 35 heavy (non-hydrogen) atoms. The topological polar surface area (TPSA) is 56.6 Å². The molecule has 1 aromatic heterocycles. The molecule has 1 amide bonds. The Kier molecular flexibility index (Phi) is 7.51. The summed E-state index contributed by atoms with van der Waals surface area (Å²) in [6, 6.07) is 25.1. The minimum absolute atomic E-state index is 0.0427. The van der Waals surface area contributed by atoms with Gasteiger partial charge in [0, 0.05) is 24.7 Å². The molecule has 0 fully saturated rings. The average Bonchev–Trinajstić information content (AvgIpc) is 3.18. The molecule has 0 saturated heterocycles. The molecular weight excluding hydrogens is 438 g/mol. The normalized spacial score (nSPS) is 10.7. The van der Waals surface area contributed by atoms with Crippen molar-refractivity contribution in [1.29, 1.82) is 0 Å². The van der Waals surface area contributed by atoms with E-state index in [1.165, 1.54) is 0 Å². The third-order valence-corrected chi connectivity index (χ3v) is 5.81. The van der Waals surface area contributed by atoms with Crippen LogP contribution in [0.4, 0.5) is 0 Å². The second-order valence-corrected chi connectivity index (χ2v) is 8.50. The summed E-state index contributed by atoms with van der Waals surface area (Å²) in [5.74, 6) is 2.03. The first-order chi connectivity index (χ1) is 17.0. The van der Waals surface area contributed by atoms with Crippen LogP contribution in [0.15, 0.2) is 78.9 Å². The highest BCUT2D eigenvalue weighted by Gasteiger charge is 2.25. The molecule has 0 saturated carbocycles. The number of methoxy groups -OCH3 is 1. The number of aryl methyl sites for hydroxylation is 2. The molecule has 4 aromatic rings. The Morgan fingerprint density at radius 3 is 2.37 bits per heavy atom. The zero-order valence-corrected chi connectivity index (χ0v) is 20.7. The van der Waals surface area contributed by atoms with E-state index >= 15 is 0 Å². The van der Waals surface area contributed by atoms with Gasteiger partial charge in [-0.1, -0.05) is 49.4 Å². The largest absolute Gasteiger partial charge is 0.497 e. The van der Waals surface area contributed by atoms with Crippen molar-refractivity contribution < 1.29 is 14.3 Å². The van der Waals surface area contributed by atoms with E-state index in [9.17, 15) is 4.79 Å². The zero-order valence-electron chi connectivity index (χ0n) is 20.7. The summed E-state index contributed by atoms with van der Waals surface area (Å²) in [5.41, 5.74) is 4.38. The maximum Gasteiger partial charge on any atom is 0.254 e. The number of carbonyl (C=O) groups is 1. The van der Waals surface area contributed by atoms with Gasteiger partial charge in [0.05, 0.1) is 19.2 Å². The summed E-state index contributed by atoms with van der Waals surface area (Å²) in [4.78, 5) is 15.4. The summed E-state index contributed by atoms with van der Waals surface area (Å²) < 4.78 is 13.4. The number of hydrogen-bond acceptors (Lipinski definition) is 4. The fraction of sp³-hybridized carbons (Fsp3) is 0.241. The third-order valence-electron chi connectivity index (χ3n) is 5.81. The third kappa shape index (κ3) is 5.54. The van der Waals surface area contributed by atoms with E-state index in [1.807, 2.05) is 85.6 Å².